The summed E-state index contributed by atoms with van der Waals surface area (Å²) in [6, 6.07) is 9.81. The zero-order chi connectivity index (χ0) is 22.6. The Kier molecular flexibility index (Phi) is 4.63. The molecule has 0 aromatic heterocycles. The smallest absolute Gasteiger partial charge is 0.324 e. The molecule has 1 aliphatic carbocycles. The van der Waals surface area contributed by atoms with Crippen molar-refractivity contribution in [1.82, 2.24) is 15.1 Å². The molecule has 2 N–H and O–H groups in total. The number of imide groups is 1. The van der Waals surface area contributed by atoms with Gasteiger partial charge in [-0.15, -0.1) is 0 Å². The number of hydrogen-bond donors (Lipinski definition) is 2. The topological polar surface area (TPSA) is 116 Å². The van der Waals surface area contributed by atoms with Gasteiger partial charge in [0.1, 0.15) is 6.04 Å². The number of amides is 4. The van der Waals surface area contributed by atoms with Crippen LogP contribution in [0, 0.1) is 0 Å². The molecule has 162 valence electrons. The van der Waals surface area contributed by atoms with Crippen LogP contribution in [0.1, 0.15) is 38.8 Å². The van der Waals surface area contributed by atoms with E-state index in [2.05, 4.69) is 10.6 Å². The van der Waals surface area contributed by atoms with Gasteiger partial charge >= 0.3 is 6.03 Å². The number of nitrogens with zero attached hydrogens (tertiary/aromatic N) is 2. The van der Waals surface area contributed by atoms with Crippen molar-refractivity contribution in [3.63, 3.8) is 0 Å². The molecule has 32 heavy (non-hydrogen) atoms. The van der Waals surface area contributed by atoms with Gasteiger partial charge in [-0.3, -0.25) is 29.4 Å². The van der Waals surface area contributed by atoms with E-state index in [0.29, 0.717) is 24.2 Å². The van der Waals surface area contributed by atoms with Crippen LogP contribution < -0.4 is 10.6 Å². The highest BCUT2D eigenvalue weighted by Gasteiger charge is 2.43. The summed E-state index contributed by atoms with van der Waals surface area (Å²) in [6.07, 6.45) is 0. The second-order valence-electron chi connectivity index (χ2n) is 8.10. The van der Waals surface area contributed by atoms with Crippen molar-refractivity contribution in [2.24, 2.45) is 0 Å². The quantitative estimate of drug-likeness (QED) is 0.597. The predicted octanol–water partition coefficient (Wildman–Crippen LogP) is 1.02. The minimum Gasteiger partial charge on any atom is -0.324 e. The first-order chi connectivity index (χ1) is 15.4. The second-order valence-corrected chi connectivity index (χ2v) is 8.10. The van der Waals surface area contributed by atoms with Crippen molar-refractivity contribution < 1.29 is 24.0 Å². The van der Waals surface area contributed by atoms with Crippen LogP contribution in [0.5, 0.6) is 0 Å². The van der Waals surface area contributed by atoms with E-state index in [1.807, 2.05) is 4.90 Å². The summed E-state index contributed by atoms with van der Waals surface area (Å²) in [6.45, 7) is 2.72. The van der Waals surface area contributed by atoms with Crippen LogP contribution in [-0.2, 0) is 9.59 Å². The Morgan fingerprint density at radius 2 is 1.66 bits per heavy atom. The maximum atomic E-state index is 13.1. The summed E-state index contributed by atoms with van der Waals surface area (Å²) in [7, 11) is 0. The molecule has 0 bridgehead atoms. The van der Waals surface area contributed by atoms with Crippen LogP contribution >= 0.6 is 0 Å². The van der Waals surface area contributed by atoms with Crippen molar-refractivity contribution in [2.75, 3.05) is 25.0 Å². The number of carbonyl (C=O) groups excluding carboxylic acids is 5. The van der Waals surface area contributed by atoms with E-state index in [1.165, 1.54) is 4.90 Å². The summed E-state index contributed by atoms with van der Waals surface area (Å²) in [4.78, 5) is 66.1. The van der Waals surface area contributed by atoms with E-state index in [1.54, 1.807) is 49.4 Å². The molecule has 2 unspecified atom stereocenters. The first kappa shape index (κ1) is 20.1. The fourth-order valence-corrected chi connectivity index (χ4v) is 4.54. The Hall–Kier alpha value is -3.85. The lowest BCUT2D eigenvalue weighted by Gasteiger charge is -2.38. The van der Waals surface area contributed by atoms with Crippen molar-refractivity contribution in [3.8, 4) is 0 Å². The molecule has 2 atom stereocenters. The minimum atomic E-state index is -0.619. The highest BCUT2D eigenvalue weighted by atomic mass is 16.2. The molecule has 2 aliphatic heterocycles. The number of carbonyl (C=O) groups is 5. The van der Waals surface area contributed by atoms with Gasteiger partial charge in [-0.1, -0.05) is 36.4 Å². The van der Waals surface area contributed by atoms with Gasteiger partial charge in [0.15, 0.2) is 11.6 Å². The van der Waals surface area contributed by atoms with Crippen molar-refractivity contribution in [2.45, 2.75) is 19.0 Å². The first-order valence-corrected chi connectivity index (χ1v) is 10.3. The third-order valence-electron chi connectivity index (χ3n) is 6.34. The van der Waals surface area contributed by atoms with Crippen LogP contribution in [0.4, 0.5) is 10.5 Å². The standard InChI is InChI=1S/C23H20N4O5/c1-12(26-9-10-27-17(11-26)22(31)25-23(27)32)21(30)24-16-8-4-7-15-18(16)20(29)14-6-3-2-5-13(14)19(15)28/h2-8,12,17H,9-11H2,1H3,(H,24,30)(H,25,31,32). The summed E-state index contributed by atoms with van der Waals surface area (Å²) in [5.41, 5.74) is 1.38. The minimum absolute atomic E-state index is 0.183. The lowest BCUT2D eigenvalue weighted by molar-refractivity contribution is -0.126. The number of ketones is 2. The van der Waals surface area contributed by atoms with E-state index < -0.39 is 18.1 Å². The molecule has 0 saturated carbocycles. The second kappa shape index (κ2) is 7.38. The highest BCUT2D eigenvalue weighted by molar-refractivity contribution is 6.30. The number of piperazine rings is 1. The van der Waals surface area contributed by atoms with E-state index >= 15 is 0 Å². The largest absolute Gasteiger partial charge is 0.324 e. The molecule has 2 heterocycles. The number of rotatable bonds is 3. The Morgan fingerprint density at radius 3 is 2.41 bits per heavy atom. The third-order valence-corrected chi connectivity index (χ3v) is 6.34. The van der Waals surface area contributed by atoms with E-state index in [4.69, 9.17) is 0 Å². The van der Waals surface area contributed by atoms with Crippen LogP contribution in [0.25, 0.3) is 0 Å². The van der Waals surface area contributed by atoms with Gasteiger partial charge in [-0.2, -0.15) is 0 Å². The fraction of sp³-hybridized carbons (Fsp3) is 0.261. The fourth-order valence-electron chi connectivity index (χ4n) is 4.54. The first-order valence-electron chi connectivity index (χ1n) is 10.3. The average Bonchev–Trinajstić information content (AvgIpc) is 3.09. The molecule has 0 radical (unpaired) electrons. The summed E-state index contributed by atoms with van der Waals surface area (Å²) >= 11 is 0. The maximum Gasteiger partial charge on any atom is 0.324 e. The van der Waals surface area contributed by atoms with Crippen molar-refractivity contribution in [1.29, 1.82) is 0 Å². The summed E-state index contributed by atoms with van der Waals surface area (Å²) in [5.74, 6) is -1.30. The molecule has 2 aromatic rings. The predicted molar refractivity (Wildman–Crippen MR) is 113 cm³/mol. The summed E-state index contributed by atoms with van der Waals surface area (Å²) < 4.78 is 0. The van der Waals surface area contributed by atoms with E-state index in [9.17, 15) is 24.0 Å². The molecule has 2 saturated heterocycles. The molecule has 5 rings (SSSR count). The van der Waals surface area contributed by atoms with Crippen molar-refractivity contribution >= 4 is 35.1 Å². The Bertz CT molecular complexity index is 1210. The molecular formula is C23H20N4O5. The maximum absolute atomic E-state index is 13.1. The molecule has 0 spiro atoms. The number of nitrogens with one attached hydrogen (secondary N) is 2. The number of urea groups is 1. The number of hydrogen-bond acceptors (Lipinski definition) is 6. The van der Waals surface area contributed by atoms with Crippen LogP contribution in [0.15, 0.2) is 42.5 Å². The molecule has 9 heteroatoms. The molecule has 2 aromatic carbocycles. The SMILES string of the molecule is CC(C(=O)Nc1cccc2c1C(=O)c1ccccc1C2=O)N1CCN2C(=O)NC(=O)C2C1. The van der Waals surface area contributed by atoms with E-state index in [0.717, 1.165) is 0 Å². The van der Waals surface area contributed by atoms with Gasteiger partial charge < -0.3 is 10.2 Å². The number of benzene rings is 2. The lowest BCUT2D eigenvalue weighted by Crippen LogP contribution is -2.57. The van der Waals surface area contributed by atoms with Gasteiger partial charge in [0.2, 0.25) is 5.91 Å². The van der Waals surface area contributed by atoms with Crippen LogP contribution in [-0.4, -0.2) is 70.9 Å². The van der Waals surface area contributed by atoms with Gasteiger partial charge in [0.25, 0.3) is 5.91 Å². The monoisotopic (exact) mass is 432 g/mol. The van der Waals surface area contributed by atoms with Gasteiger partial charge in [0, 0.05) is 36.3 Å². The zero-order valence-electron chi connectivity index (χ0n) is 17.3. The number of anilines is 1. The van der Waals surface area contributed by atoms with Gasteiger partial charge in [-0.25, -0.2) is 4.79 Å². The lowest BCUT2D eigenvalue weighted by atomic mass is 9.83. The molecule has 9 nitrogen and oxygen atoms in total. The Labute approximate surface area is 183 Å². The Balaban J connectivity index is 1.38. The van der Waals surface area contributed by atoms with Crippen molar-refractivity contribution in [3.05, 3.63) is 64.7 Å². The molecular weight excluding hydrogens is 412 g/mol. The molecule has 3 aliphatic rings. The highest BCUT2D eigenvalue weighted by Crippen LogP contribution is 2.32. The van der Waals surface area contributed by atoms with E-state index in [-0.39, 0.29) is 46.7 Å². The van der Waals surface area contributed by atoms with Crippen LogP contribution in [0.2, 0.25) is 0 Å². The molecule has 2 fully saturated rings. The summed E-state index contributed by atoms with van der Waals surface area (Å²) in [5, 5.41) is 5.08. The van der Waals surface area contributed by atoms with Crippen LogP contribution in [0.3, 0.4) is 0 Å². The number of fused-ring (bicyclic) bond motifs is 3. The zero-order valence-corrected chi connectivity index (χ0v) is 17.3. The van der Waals surface area contributed by atoms with Gasteiger partial charge in [-0.05, 0) is 13.0 Å². The Morgan fingerprint density at radius 1 is 0.969 bits per heavy atom. The third kappa shape index (κ3) is 3.01. The average molecular weight is 432 g/mol. The molecule has 4 amide bonds. The van der Waals surface area contributed by atoms with Gasteiger partial charge in [0.05, 0.1) is 17.3 Å². The normalized spacial score (nSPS) is 20.9.